The molecule has 0 aliphatic carbocycles. The number of para-hydroxylation sites is 1. The number of hydrogen-bond donors (Lipinski definition) is 1. The molecule has 0 spiro atoms. The number of fused-ring (bicyclic) bond motifs is 1. The maximum atomic E-state index is 12.4. The maximum Gasteiger partial charge on any atom is 0.327 e. The van der Waals surface area contributed by atoms with Crippen LogP contribution in [-0.2, 0) is 22.6 Å². The summed E-state index contributed by atoms with van der Waals surface area (Å²) in [7, 11) is 0. The Morgan fingerprint density at radius 2 is 2.15 bits per heavy atom. The first kappa shape index (κ1) is 12.3. The zero-order chi connectivity index (χ0) is 14.1. The van der Waals surface area contributed by atoms with Gasteiger partial charge in [0.1, 0.15) is 25.2 Å². The van der Waals surface area contributed by atoms with E-state index in [1.54, 1.807) is 12.1 Å². The van der Waals surface area contributed by atoms with Crippen LogP contribution in [0.5, 0.6) is 0 Å². The zero-order valence-electron chi connectivity index (χ0n) is 10.5. The summed E-state index contributed by atoms with van der Waals surface area (Å²) in [4.78, 5) is 28.8. The quantitative estimate of drug-likeness (QED) is 0.869. The molecule has 20 heavy (non-hydrogen) atoms. The summed E-state index contributed by atoms with van der Waals surface area (Å²) >= 11 is 0. The van der Waals surface area contributed by atoms with Crippen LogP contribution in [0.25, 0.3) is 0 Å². The Balaban J connectivity index is 1.92. The molecule has 1 N–H and O–H groups in total. The van der Waals surface area contributed by atoms with Gasteiger partial charge in [-0.25, -0.2) is 14.5 Å². The molecule has 7 heteroatoms. The summed E-state index contributed by atoms with van der Waals surface area (Å²) < 4.78 is 1.38. The molecular weight excluding hydrogens is 260 g/mol. The minimum atomic E-state index is -1.01. The lowest BCUT2D eigenvalue weighted by Gasteiger charge is -2.22. The van der Waals surface area contributed by atoms with Crippen LogP contribution in [0.3, 0.4) is 0 Å². The van der Waals surface area contributed by atoms with Crippen molar-refractivity contribution in [1.29, 1.82) is 0 Å². The van der Waals surface area contributed by atoms with Crippen molar-refractivity contribution in [3.05, 3.63) is 42.5 Å². The lowest BCUT2D eigenvalue weighted by Crippen LogP contribution is -2.44. The van der Waals surface area contributed by atoms with E-state index in [1.165, 1.54) is 22.2 Å². The maximum absolute atomic E-state index is 12.4. The number of carbonyl (C=O) groups excluding carboxylic acids is 1. The Hall–Kier alpha value is -2.70. The number of rotatable bonds is 3. The standard InChI is InChI=1S/C13H12N4O3/c18-12(6-16-8-14-7-15-16)17-10-4-2-1-3-9(10)5-11(17)13(19)20/h1-4,7-8,11H,5-6H2,(H,19,20). The number of anilines is 1. The van der Waals surface area contributed by atoms with Gasteiger partial charge >= 0.3 is 5.97 Å². The number of aliphatic carboxylic acids is 1. The first-order valence-electron chi connectivity index (χ1n) is 6.12. The van der Waals surface area contributed by atoms with Crippen molar-refractivity contribution in [3.63, 3.8) is 0 Å². The zero-order valence-corrected chi connectivity index (χ0v) is 10.5. The van der Waals surface area contributed by atoms with Gasteiger partial charge in [-0.3, -0.25) is 9.69 Å². The fraction of sp³-hybridized carbons (Fsp3) is 0.231. The molecule has 1 unspecified atom stereocenters. The van der Waals surface area contributed by atoms with Crippen molar-refractivity contribution in [2.24, 2.45) is 0 Å². The molecule has 2 aromatic rings. The van der Waals surface area contributed by atoms with Gasteiger partial charge < -0.3 is 5.11 Å². The van der Waals surface area contributed by atoms with Crippen LogP contribution in [-0.4, -0.2) is 37.8 Å². The summed E-state index contributed by atoms with van der Waals surface area (Å²) in [5, 5.41) is 13.2. The Morgan fingerprint density at radius 1 is 1.35 bits per heavy atom. The third-order valence-corrected chi connectivity index (χ3v) is 3.29. The number of nitrogens with zero attached hydrogens (tertiary/aromatic N) is 4. The molecule has 102 valence electrons. The van der Waals surface area contributed by atoms with Crippen molar-refractivity contribution in [2.75, 3.05) is 4.90 Å². The lowest BCUT2D eigenvalue weighted by atomic mass is 10.1. The van der Waals surface area contributed by atoms with Gasteiger partial charge in [0.05, 0.1) is 0 Å². The predicted octanol–water partition coefficient (Wildman–Crippen LogP) is 0.321. The minimum absolute atomic E-state index is 0.0296. The van der Waals surface area contributed by atoms with E-state index in [0.29, 0.717) is 12.1 Å². The second-order valence-corrected chi connectivity index (χ2v) is 4.54. The van der Waals surface area contributed by atoms with Gasteiger partial charge in [0, 0.05) is 12.1 Å². The number of carboxylic acids is 1. The van der Waals surface area contributed by atoms with Gasteiger partial charge in [-0.1, -0.05) is 18.2 Å². The number of hydrogen-bond acceptors (Lipinski definition) is 4. The normalized spacial score (nSPS) is 17.0. The third kappa shape index (κ3) is 2.03. The Morgan fingerprint density at radius 3 is 2.85 bits per heavy atom. The summed E-state index contributed by atoms with van der Waals surface area (Å²) in [6.07, 6.45) is 3.09. The minimum Gasteiger partial charge on any atom is -0.480 e. The monoisotopic (exact) mass is 272 g/mol. The Labute approximate surface area is 114 Å². The molecular formula is C13H12N4O3. The fourth-order valence-corrected chi connectivity index (χ4v) is 2.42. The second kappa shape index (κ2) is 4.76. The van der Waals surface area contributed by atoms with E-state index < -0.39 is 12.0 Å². The summed E-state index contributed by atoms with van der Waals surface area (Å²) in [6.45, 7) is -0.0296. The molecule has 0 bridgehead atoms. The van der Waals surface area contributed by atoms with E-state index in [0.717, 1.165) is 5.56 Å². The molecule has 1 aliphatic heterocycles. The smallest absolute Gasteiger partial charge is 0.327 e. The van der Waals surface area contributed by atoms with E-state index in [4.69, 9.17) is 0 Å². The van der Waals surface area contributed by atoms with Gasteiger partial charge in [-0.15, -0.1) is 0 Å². The number of benzene rings is 1. The summed E-state index contributed by atoms with van der Waals surface area (Å²) in [5.74, 6) is -1.32. The van der Waals surface area contributed by atoms with E-state index in [1.807, 2.05) is 12.1 Å². The van der Waals surface area contributed by atoms with Crippen molar-refractivity contribution in [1.82, 2.24) is 14.8 Å². The van der Waals surface area contributed by atoms with Gasteiger partial charge in [-0.2, -0.15) is 5.10 Å². The average Bonchev–Trinajstić information content (AvgIpc) is 3.04. The Bertz CT molecular complexity index is 653. The molecule has 2 heterocycles. The van der Waals surface area contributed by atoms with E-state index in [9.17, 15) is 14.7 Å². The highest BCUT2D eigenvalue weighted by atomic mass is 16.4. The van der Waals surface area contributed by atoms with Gasteiger partial charge in [0.2, 0.25) is 5.91 Å². The number of aromatic nitrogens is 3. The van der Waals surface area contributed by atoms with Crippen LogP contribution >= 0.6 is 0 Å². The SMILES string of the molecule is O=C(O)C1Cc2ccccc2N1C(=O)Cn1cncn1. The van der Waals surface area contributed by atoms with Crippen LogP contribution in [0, 0.1) is 0 Å². The number of amides is 1. The fourth-order valence-electron chi connectivity index (χ4n) is 2.42. The highest BCUT2D eigenvalue weighted by Crippen LogP contribution is 2.32. The molecule has 0 saturated heterocycles. The van der Waals surface area contributed by atoms with Gasteiger partial charge in [-0.05, 0) is 11.6 Å². The van der Waals surface area contributed by atoms with Gasteiger partial charge in [0.25, 0.3) is 0 Å². The third-order valence-electron chi connectivity index (χ3n) is 3.29. The van der Waals surface area contributed by atoms with Crippen molar-refractivity contribution >= 4 is 17.6 Å². The molecule has 3 rings (SSSR count). The first-order chi connectivity index (χ1) is 9.66. The summed E-state index contributed by atoms with van der Waals surface area (Å²) in [5.41, 5.74) is 1.52. The molecule has 1 amide bonds. The van der Waals surface area contributed by atoms with Crippen LogP contribution in [0.2, 0.25) is 0 Å². The first-order valence-corrected chi connectivity index (χ1v) is 6.12. The average molecular weight is 272 g/mol. The topological polar surface area (TPSA) is 88.3 Å². The van der Waals surface area contributed by atoms with E-state index in [-0.39, 0.29) is 12.5 Å². The molecule has 1 aromatic heterocycles. The molecule has 1 aliphatic rings. The Kier molecular flexibility index (Phi) is 2.94. The largest absolute Gasteiger partial charge is 0.480 e. The van der Waals surface area contributed by atoms with Crippen LogP contribution in [0.1, 0.15) is 5.56 Å². The van der Waals surface area contributed by atoms with Crippen molar-refractivity contribution in [3.8, 4) is 0 Å². The molecule has 0 fully saturated rings. The van der Waals surface area contributed by atoms with E-state index >= 15 is 0 Å². The van der Waals surface area contributed by atoms with Crippen LogP contribution < -0.4 is 4.90 Å². The number of carboxylic acid groups (broad SMARTS) is 1. The summed E-state index contributed by atoms with van der Waals surface area (Å²) in [6, 6.07) is 6.37. The molecule has 0 saturated carbocycles. The second-order valence-electron chi connectivity index (χ2n) is 4.54. The van der Waals surface area contributed by atoms with Crippen molar-refractivity contribution in [2.45, 2.75) is 19.0 Å². The molecule has 1 atom stereocenters. The molecule has 0 radical (unpaired) electrons. The highest BCUT2D eigenvalue weighted by Gasteiger charge is 2.38. The number of carbonyl (C=O) groups is 2. The van der Waals surface area contributed by atoms with Crippen LogP contribution in [0.4, 0.5) is 5.69 Å². The molecule has 1 aromatic carbocycles. The highest BCUT2D eigenvalue weighted by molar-refractivity contribution is 6.01. The predicted molar refractivity (Wildman–Crippen MR) is 69.1 cm³/mol. The lowest BCUT2D eigenvalue weighted by molar-refractivity contribution is -0.140. The molecule has 7 nitrogen and oxygen atoms in total. The van der Waals surface area contributed by atoms with Gasteiger partial charge in [0.15, 0.2) is 0 Å². The van der Waals surface area contributed by atoms with E-state index in [2.05, 4.69) is 10.1 Å². The van der Waals surface area contributed by atoms with Crippen molar-refractivity contribution < 1.29 is 14.7 Å². The van der Waals surface area contributed by atoms with Crippen LogP contribution in [0.15, 0.2) is 36.9 Å².